The summed E-state index contributed by atoms with van der Waals surface area (Å²) in [4.78, 5) is 12.3. The summed E-state index contributed by atoms with van der Waals surface area (Å²) < 4.78 is 7.26. The van der Waals surface area contributed by atoms with E-state index >= 15 is 0 Å². The number of amides is 1. The average Bonchev–Trinajstić information content (AvgIpc) is 3.15. The van der Waals surface area contributed by atoms with Crippen LogP contribution in [-0.2, 0) is 13.1 Å². The minimum Gasteiger partial charge on any atom is -0.494 e. The Bertz CT molecular complexity index is 811. The van der Waals surface area contributed by atoms with Gasteiger partial charge in [0.05, 0.1) is 13.2 Å². The summed E-state index contributed by atoms with van der Waals surface area (Å²) in [5.41, 5.74) is 2.84. The van der Waals surface area contributed by atoms with Crippen molar-refractivity contribution < 1.29 is 9.53 Å². The molecule has 0 spiro atoms. The van der Waals surface area contributed by atoms with E-state index in [1.54, 1.807) is 18.3 Å². The summed E-state index contributed by atoms with van der Waals surface area (Å²) in [5.74, 6) is 0.667. The SMILES string of the molecule is CCOc1ccc(C(=O)NCc2ccccc2Cn2cccn2)cc1. The van der Waals surface area contributed by atoms with Crippen molar-refractivity contribution in [1.82, 2.24) is 15.1 Å². The minimum absolute atomic E-state index is 0.100. The molecule has 0 aliphatic rings. The van der Waals surface area contributed by atoms with Crippen molar-refractivity contribution in [3.05, 3.63) is 83.7 Å². The zero-order valence-electron chi connectivity index (χ0n) is 14.2. The van der Waals surface area contributed by atoms with E-state index in [1.807, 2.05) is 54.2 Å². The first-order chi connectivity index (χ1) is 12.3. The van der Waals surface area contributed by atoms with Crippen LogP contribution in [0.3, 0.4) is 0 Å². The number of nitrogens with zero attached hydrogens (tertiary/aromatic N) is 2. The molecule has 5 heteroatoms. The third-order valence-corrected chi connectivity index (χ3v) is 3.88. The van der Waals surface area contributed by atoms with Crippen LogP contribution < -0.4 is 10.1 Å². The molecule has 1 heterocycles. The van der Waals surface area contributed by atoms with Crippen LogP contribution in [0.5, 0.6) is 5.75 Å². The van der Waals surface area contributed by atoms with Crippen LogP contribution in [0.2, 0.25) is 0 Å². The summed E-state index contributed by atoms with van der Waals surface area (Å²) in [5, 5.41) is 7.21. The van der Waals surface area contributed by atoms with Gasteiger partial charge in [-0.15, -0.1) is 0 Å². The lowest BCUT2D eigenvalue weighted by Gasteiger charge is -2.11. The number of hydrogen-bond acceptors (Lipinski definition) is 3. The highest BCUT2D eigenvalue weighted by atomic mass is 16.5. The van der Waals surface area contributed by atoms with Gasteiger partial charge in [0.15, 0.2) is 0 Å². The Labute approximate surface area is 147 Å². The topological polar surface area (TPSA) is 56.1 Å². The molecular weight excluding hydrogens is 314 g/mol. The van der Waals surface area contributed by atoms with E-state index in [4.69, 9.17) is 4.74 Å². The normalized spacial score (nSPS) is 10.4. The Morgan fingerprint density at radius 3 is 2.52 bits per heavy atom. The molecule has 1 aromatic heterocycles. The monoisotopic (exact) mass is 335 g/mol. The van der Waals surface area contributed by atoms with Gasteiger partial charge in [0, 0.05) is 24.5 Å². The van der Waals surface area contributed by atoms with E-state index in [2.05, 4.69) is 16.5 Å². The third-order valence-electron chi connectivity index (χ3n) is 3.88. The van der Waals surface area contributed by atoms with E-state index in [0.717, 1.165) is 16.9 Å². The van der Waals surface area contributed by atoms with Gasteiger partial charge >= 0.3 is 0 Å². The van der Waals surface area contributed by atoms with Crippen molar-refractivity contribution in [2.75, 3.05) is 6.61 Å². The summed E-state index contributed by atoms with van der Waals surface area (Å²) in [6.07, 6.45) is 3.69. The second kappa shape index (κ2) is 8.15. The summed E-state index contributed by atoms with van der Waals surface area (Å²) in [6.45, 7) is 3.70. The molecule has 0 saturated carbocycles. The van der Waals surface area contributed by atoms with E-state index in [-0.39, 0.29) is 5.91 Å². The lowest BCUT2D eigenvalue weighted by atomic mass is 10.1. The predicted octanol–water partition coefficient (Wildman–Crippen LogP) is 3.26. The molecule has 0 aliphatic heterocycles. The maximum absolute atomic E-state index is 12.3. The van der Waals surface area contributed by atoms with Crippen LogP contribution in [-0.4, -0.2) is 22.3 Å². The van der Waals surface area contributed by atoms with Crippen LogP contribution >= 0.6 is 0 Å². The number of carbonyl (C=O) groups excluding carboxylic acids is 1. The Morgan fingerprint density at radius 2 is 1.84 bits per heavy atom. The molecule has 25 heavy (non-hydrogen) atoms. The molecule has 128 valence electrons. The molecule has 0 atom stereocenters. The molecule has 3 aromatic rings. The van der Waals surface area contributed by atoms with E-state index < -0.39 is 0 Å². The largest absolute Gasteiger partial charge is 0.494 e. The van der Waals surface area contributed by atoms with Crippen LogP contribution in [0.1, 0.15) is 28.4 Å². The number of nitrogens with one attached hydrogen (secondary N) is 1. The Morgan fingerprint density at radius 1 is 1.08 bits per heavy atom. The molecule has 0 fully saturated rings. The highest BCUT2D eigenvalue weighted by molar-refractivity contribution is 5.94. The number of ether oxygens (including phenoxy) is 1. The number of carbonyl (C=O) groups is 1. The van der Waals surface area contributed by atoms with Gasteiger partial charge in [-0.1, -0.05) is 24.3 Å². The zero-order chi connectivity index (χ0) is 17.5. The zero-order valence-corrected chi connectivity index (χ0v) is 14.2. The van der Waals surface area contributed by atoms with Gasteiger partial charge in [0.1, 0.15) is 5.75 Å². The van der Waals surface area contributed by atoms with Gasteiger partial charge in [-0.05, 0) is 48.4 Å². The molecule has 1 N–H and O–H groups in total. The van der Waals surface area contributed by atoms with E-state index in [0.29, 0.717) is 25.3 Å². The van der Waals surface area contributed by atoms with Crippen LogP contribution in [0, 0.1) is 0 Å². The molecule has 1 amide bonds. The molecule has 5 nitrogen and oxygen atoms in total. The Balaban J connectivity index is 1.64. The van der Waals surface area contributed by atoms with Crippen molar-refractivity contribution in [3.8, 4) is 5.75 Å². The second-order valence-corrected chi connectivity index (χ2v) is 5.61. The molecular formula is C20H21N3O2. The molecule has 3 rings (SSSR count). The minimum atomic E-state index is -0.100. The molecule has 0 saturated heterocycles. The quantitative estimate of drug-likeness (QED) is 0.721. The molecule has 0 bridgehead atoms. The van der Waals surface area contributed by atoms with Crippen molar-refractivity contribution in [2.24, 2.45) is 0 Å². The van der Waals surface area contributed by atoms with Gasteiger partial charge in [-0.2, -0.15) is 5.10 Å². The highest BCUT2D eigenvalue weighted by Gasteiger charge is 2.08. The molecule has 2 aromatic carbocycles. The van der Waals surface area contributed by atoms with Gasteiger partial charge in [-0.3, -0.25) is 9.48 Å². The maximum Gasteiger partial charge on any atom is 0.251 e. The predicted molar refractivity (Wildman–Crippen MR) is 96.6 cm³/mol. The summed E-state index contributed by atoms with van der Waals surface area (Å²) >= 11 is 0. The number of hydrogen-bond donors (Lipinski definition) is 1. The third kappa shape index (κ3) is 4.47. The molecule has 0 aliphatic carbocycles. The summed E-state index contributed by atoms with van der Waals surface area (Å²) in [6, 6.07) is 17.1. The average molecular weight is 335 g/mol. The first-order valence-electron chi connectivity index (χ1n) is 8.31. The second-order valence-electron chi connectivity index (χ2n) is 5.61. The van der Waals surface area contributed by atoms with Gasteiger partial charge in [-0.25, -0.2) is 0 Å². The van der Waals surface area contributed by atoms with Gasteiger partial charge < -0.3 is 10.1 Å². The van der Waals surface area contributed by atoms with Crippen LogP contribution in [0.4, 0.5) is 0 Å². The van der Waals surface area contributed by atoms with Crippen LogP contribution in [0.15, 0.2) is 67.0 Å². The van der Waals surface area contributed by atoms with Gasteiger partial charge in [0.25, 0.3) is 5.91 Å². The lowest BCUT2D eigenvalue weighted by Crippen LogP contribution is -2.23. The highest BCUT2D eigenvalue weighted by Crippen LogP contribution is 2.13. The van der Waals surface area contributed by atoms with Crippen molar-refractivity contribution >= 4 is 5.91 Å². The molecule has 0 radical (unpaired) electrons. The maximum atomic E-state index is 12.3. The lowest BCUT2D eigenvalue weighted by molar-refractivity contribution is 0.0951. The Kier molecular flexibility index (Phi) is 5.46. The fourth-order valence-electron chi connectivity index (χ4n) is 2.60. The van der Waals surface area contributed by atoms with Crippen LogP contribution in [0.25, 0.3) is 0 Å². The van der Waals surface area contributed by atoms with E-state index in [1.165, 1.54) is 0 Å². The number of benzene rings is 2. The van der Waals surface area contributed by atoms with Crippen molar-refractivity contribution in [3.63, 3.8) is 0 Å². The van der Waals surface area contributed by atoms with Crippen molar-refractivity contribution in [1.29, 1.82) is 0 Å². The number of aromatic nitrogens is 2. The van der Waals surface area contributed by atoms with Crippen molar-refractivity contribution in [2.45, 2.75) is 20.0 Å². The smallest absolute Gasteiger partial charge is 0.251 e. The standard InChI is InChI=1S/C20H21N3O2/c1-2-25-19-10-8-16(9-11-19)20(24)21-14-17-6-3-4-7-18(17)15-23-13-5-12-22-23/h3-13H,2,14-15H2,1H3,(H,21,24). The Hall–Kier alpha value is -3.08. The first-order valence-corrected chi connectivity index (χ1v) is 8.31. The summed E-state index contributed by atoms with van der Waals surface area (Å²) in [7, 11) is 0. The van der Waals surface area contributed by atoms with E-state index in [9.17, 15) is 4.79 Å². The van der Waals surface area contributed by atoms with Gasteiger partial charge in [0.2, 0.25) is 0 Å². The first kappa shape index (κ1) is 16.8. The number of rotatable bonds is 7. The molecule has 0 unspecified atom stereocenters. The fraction of sp³-hybridized carbons (Fsp3) is 0.200. The fourth-order valence-corrected chi connectivity index (χ4v) is 2.60.